The third-order valence-electron chi connectivity index (χ3n) is 3.68. The Bertz CT molecular complexity index is 263. The predicted octanol–water partition coefficient (Wildman–Crippen LogP) is 3.05. The van der Waals surface area contributed by atoms with Gasteiger partial charge in [0.05, 0.1) is 0 Å². The Morgan fingerprint density at radius 1 is 1.44 bits per heavy atom. The van der Waals surface area contributed by atoms with Crippen LogP contribution < -0.4 is 5.32 Å². The highest BCUT2D eigenvalue weighted by Crippen LogP contribution is 2.30. The van der Waals surface area contributed by atoms with Crippen LogP contribution in [0.5, 0.6) is 0 Å². The van der Waals surface area contributed by atoms with E-state index in [4.69, 9.17) is 0 Å². The lowest BCUT2D eigenvalue weighted by molar-refractivity contribution is 0.187. The molecule has 5 heteroatoms. The number of carbonyl (C=O) groups excluding carboxylic acids is 1. The number of nitrogens with one attached hydrogen (secondary N) is 1. The molecule has 3 atom stereocenters. The van der Waals surface area contributed by atoms with Crippen LogP contribution >= 0.6 is 23.5 Å². The molecule has 1 fully saturated rings. The second-order valence-corrected chi connectivity index (χ2v) is 7.19. The number of rotatable bonds is 6. The second-order valence-electron chi connectivity index (χ2n) is 5.07. The van der Waals surface area contributed by atoms with Gasteiger partial charge in [0.25, 0.3) is 0 Å². The first-order valence-electron chi connectivity index (χ1n) is 6.63. The molecule has 0 heterocycles. The van der Waals surface area contributed by atoms with E-state index in [2.05, 4.69) is 24.8 Å². The smallest absolute Gasteiger partial charge is 0.317 e. The summed E-state index contributed by atoms with van der Waals surface area (Å²) in [5, 5.41) is 3.83. The van der Waals surface area contributed by atoms with Crippen molar-refractivity contribution in [1.82, 2.24) is 10.2 Å². The van der Waals surface area contributed by atoms with Crippen molar-refractivity contribution >= 4 is 29.6 Å². The van der Waals surface area contributed by atoms with E-state index >= 15 is 0 Å². The van der Waals surface area contributed by atoms with Gasteiger partial charge >= 0.3 is 6.03 Å². The Morgan fingerprint density at radius 3 is 2.72 bits per heavy atom. The molecule has 0 aliphatic heterocycles. The molecule has 1 aliphatic carbocycles. The van der Waals surface area contributed by atoms with Crippen molar-refractivity contribution in [2.45, 2.75) is 49.9 Å². The number of nitrogens with zero attached hydrogens (tertiary/aromatic N) is 1. The minimum absolute atomic E-state index is 0.0929. The summed E-state index contributed by atoms with van der Waals surface area (Å²) in [4.78, 5) is 14.0. The van der Waals surface area contributed by atoms with Gasteiger partial charge < -0.3 is 10.2 Å². The van der Waals surface area contributed by atoms with Gasteiger partial charge in [-0.2, -0.15) is 23.5 Å². The molecule has 3 nitrogen and oxygen atoms in total. The van der Waals surface area contributed by atoms with Crippen LogP contribution in [0.25, 0.3) is 0 Å². The van der Waals surface area contributed by atoms with Gasteiger partial charge in [-0.05, 0) is 50.9 Å². The summed E-state index contributed by atoms with van der Waals surface area (Å²) >= 11 is 3.76. The number of carbonyl (C=O) groups is 1. The highest BCUT2D eigenvalue weighted by molar-refractivity contribution is 7.99. The summed E-state index contributed by atoms with van der Waals surface area (Å²) in [5.41, 5.74) is 0. The van der Waals surface area contributed by atoms with E-state index in [0.29, 0.717) is 6.04 Å². The minimum Gasteiger partial charge on any atom is -0.336 e. The second kappa shape index (κ2) is 8.20. The summed E-state index contributed by atoms with van der Waals surface area (Å²) in [6.45, 7) is 2.08. The molecule has 106 valence electrons. The maximum absolute atomic E-state index is 12.1. The van der Waals surface area contributed by atoms with Gasteiger partial charge in [0.15, 0.2) is 0 Å². The quantitative estimate of drug-likeness (QED) is 0.816. The fraction of sp³-hybridized carbons (Fsp3) is 0.923. The molecular formula is C13H26N2OS2. The molecule has 1 saturated carbocycles. The molecule has 1 rings (SSSR count). The first-order chi connectivity index (χ1) is 8.58. The van der Waals surface area contributed by atoms with E-state index in [0.717, 1.165) is 30.3 Å². The van der Waals surface area contributed by atoms with Crippen molar-refractivity contribution in [2.75, 3.05) is 25.3 Å². The zero-order valence-corrected chi connectivity index (χ0v) is 13.6. The molecule has 18 heavy (non-hydrogen) atoms. The van der Waals surface area contributed by atoms with E-state index in [-0.39, 0.29) is 12.1 Å². The fourth-order valence-corrected chi connectivity index (χ4v) is 3.70. The van der Waals surface area contributed by atoms with Crippen molar-refractivity contribution in [2.24, 2.45) is 0 Å². The van der Waals surface area contributed by atoms with Crippen LogP contribution in [-0.2, 0) is 0 Å². The van der Waals surface area contributed by atoms with E-state index in [1.54, 1.807) is 0 Å². The third-order valence-corrected chi connectivity index (χ3v) is 5.42. The summed E-state index contributed by atoms with van der Waals surface area (Å²) in [6.07, 6.45) is 8.84. The highest BCUT2D eigenvalue weighted by atomic mass is 32.2. The third kappa shape index (κ3) is 4.92. The Morgan fingerprint density at radius 2 is 2.17 bits per heavy atom. The molecular weight excluding hydrogens is 264 g/mol. The van der Waals surface area contributed by atoms with Crippen molar-refractivity contribution in [3.63, 3.8) is 0 Å². The van der Waals surface area contributed by atoms with Crippen molar-refractivity contribution in [3.8, 4) is 0 Å². The molecule has 0 spiro atoms. The molecule has 0 aromatic rings. The summed E-state index contributed by atoms with van der Waals surface area (Å²) in [7, 11) is 1.93. The Balaban J connectivity index is 2.32. The number of hydrogen-bond donors (Lipinski definition) is 1. The van der Waals surface area contributed by atoms with Gasteiger partial charge in [0, 0.05) is 24.4 Å². The minimum atomic E-state index is 0.0929. The molecule has 2 amide bonds. The number of hydrogen-bond acceptors (Lipinski definition) is 3. The Hall–Kier alpha value is -0.0300. The average molecular weight is 290 g/mol. The number of amides is 2. The van der Waals surface area contributed by atoms with Gasteiger partial charge in [0.1, 0.15) is 0 Å². The van der Waals surface area contributed by atoms with Gasteiger partial charge in [-0.15, -0.1) is 0 Å². The van der Waals surface area contributed by atoms with Gasteiger partial charge in [-0.1, -0.05) is 0 Å². The van der Waals surface area contributed by atoms with Crippen LogP contribution in [0.15, 0.2) is 0 Å². The van der Waals surface area contributed by atoms with Crippen LogP contribution in [0.2, 0.25) is 0 Å². The van der Waals surface area contributed by atoms with Crippen molar-refractivity contribution < 1.29 is 4.79 Å². The lowest BCUT2D eigenvalue weighted by atomic mass is 10.2. The Labute approximate surface area is 120 Å². The van der Waals surface area contributed by atoms with Crippen molar-refractivity contribution in [1.29, 1.82) is 0 Å². The molecule has 3 unspecified atom stereocenters. The van der Waals surface area contributed by atoms with Crippen LogP contribution in [0.4, 0.5) is 4.79 Å². The number of urea groups is 1. The largest absolute Gasteiger partial charge is 0.336 e. The molecule has 0 radical (unpaired) electrons. The zero-order valence-electron chi connectivity index (χ0n) is 11.9. The summed E-state index contributed by atoms with van der Waals surface area (Å²) < 4.78 is 0. The lowest BCUT2D eigenvalue weighted by Crippen LogP contribution is -2.46. The first-order valence-corrected chi connectivity index (χ1v) is 9.31. The number of thioether (sulfide) groups is 2. The molecule has 1 aliphatic rings. The molecule has 0 bridgehead atoms. The van der Waals surface area contributed by atoms with Gasteiger partial charge in [-0.25, -0.2) is 4.79 Å². The maximum Gasteiger partial charge on any atom is 0.317 e. The Kier molecular flexibility index (Phi) is 7.30. The van der Waals surface area contributed by atoms with E-state index < -0.39 is 0 Å². The standard InChI is InChI=1S/C13H26N2OS2/c1-10(7-8-17-3)14-13(16)15(2)11-5-6-12(9-11)18-4/h10-12H,5-9H2,1-4H3,(H,14,16). The highest BCUT2D eigenvalue weighted by Gasteiger charge is 2.29. The summed E-state index contributed by atoms with van der Waals surface area (Å²) in [5.74, 6) is 1.10. The monoisotopic (exact) mass is 290 g/mol. The van der Waals surface area contributed by atoms with Gasteiger partial charge in [0.2, 0.25) is 0 Å². The fourth-order valence-electron chi connectivity index (χ4n) is 2.33. The van der Waals surface area contributed by atoms with Gasteiger partial charge in [-0.3, -0.25) is 0 Å². The van der Waals surface area contributed by atoms with Crippen molar-refractivity contribution in [3.05, 3.63) is 0 Å². The van der Waals surface area contributed by atoms with Crippen LogP contribution in [-0.4, -0.2) is 53.6 Å². The van der Waals surface area contributed by atoms with E-state index in [9.17, 15) is 4.79 Å². The zero-order chi connectivity index (χ0) is 13.5. The van der Waals surface area contributed by atoms with E-state index in [1.165, 1.54) is 6.42 Å². The normalized spacial score (nSPS) is 24.9. The molecule has 0 aromatic carbocycles. The lowest BCUT2D eigenvalue weighted by Gasteiger charge is -2.26. The molecule has 0 saturated heterocycles. The van der Waals surface area contributed by atoms with Crippen LogP contribution in [0.1, 0.15) is 32.6 Å². The topological polar surface area (TPSA) is 32.3 Å². The van der Waals surface area contributed by atoms with Crippen LogP contribution in [0.3, 0.4) is 0 Å². The molecule has 0 aromatic heterocycles. The first kappa shape index (κ1) is 16.0. The predicted molar refractivity (Wildman–Crippen MR) is 83.7 cm³/mol. The summed E-state index contributed by atoms with van der Waals surface area (Å²) in [6, 6.07) is 0.788. The molecule has 1 N–H and O–H groups in total. The van der Waals surface area contributed by atoms with E-state index in [1.807, 2.05) is 35.5 Å². The average Bonchev–Trinajstić information content (AvgIpc) is 2.83. The van der Waals surface area contributed by atoms with Crippen LogP contribution in [0, 0.1) is 0 Å². The SMILES string of the molecule is CSCCC(C)NC(=O)N(C)C1CCC(SC)C1. The maximum atomic E-state index is 12.1.